The van der Waals surface area contributed by atoms with E-state index in [0.29, 0.717) is 68.9 Å². The van der Waals surface area contributed by atoms with Gasteiger partial charge in [0.15, 0.2) is 11.6 Å². The van der Waals surface area contributed by atoms with Crippen LogP contribution in [0, 0.1) is 10.8 Å². The van der Waals surface area contributed by atoms with Crippen LogP contribution < -0.4 is 4.74 Å². The first-order valence-electron chi connectivity index (χ1n) is 16.7. The van der Waals surface area contributed by atoms with Crippen molar-refractivity contribution in [3.63, 3.8) is 0 Å². The summed E-state index contributed by atoms with van der Waals surface area (Å²) in [7, 11) is 2.10. The number of Topliss-reactive ketones (excluding diaryl/α,β-unsaturated/α-hetero) is 1. The Labute approximate surface area is 270 Å². The lowest BCUT2D eigenvalue weighted by atomic mass is 9.64. The Hall–Kier alpha value is -3.80. The van der Waals surface area contributed by atoms with E-state index in [9.17, 15) is 20.1 Å². The largest absolute Gasteiger partial charge is 0.511 e. The number of hydrogen-bond donors (Lipinski definition) is 2. The molecule has 1 spiro atoms. The molecule has 248 valence electrons. The van der Waals surface area contributed by atoms with Crippen LogP contribution in [0.3, 0.4) is 0 Å². The predicted molar refractivity (Wildman–Crippen MR) is 171 cm³/mol. The lowest BCUT2D eigenvalue weighted by Crippen LogP contribution is -2.39. The van der Waals surface area contributed by atoms with Crippen molar-refractivity contribution in [2.45, 2.75) is 116 Å². The molecule has 12 nitrogen and oxygen atoms in total. The van der Waals surface area contributed by atoms with Crippen LogP contribution in [0.25, 0.3) is 5.82 Å². The number of fused-ring (bicyclic) bond motifs is 1. The number of likely N-dealkylation sites (N-methyl/N-ethyl adjacent to an activating group) is 1. The molecule has 2 fully saturated rings. The molecular formula is C34H47N7O5. The lowest BCUT2D eigenvalue weighted by molar-refractivity contribution is -0.131. The van der Waals surface area contributed by atoms with E-state index in [4.69, 9.17) is 24.5 Å². The first-order valence-corrected chi connectivity index (χ1v) is 16.7. The number of aromatic nitrogens is 4. The number of nitrogens with zero attached hydrogens (tertiary/aromatic N) is 6. The molecule has 2 aliphatic carbocycles. The van der Waals surface area contributed by atoms with Gasteiger partial charge in [-0.15, -0.1) is 0 Å². The van der Waals surface area contributed by atoms with Crippen molar-refractivity contribution in [3.05, 3.63) is 40.7 Å². The molecular weight excluding hydrogens is 586 g/mol. The quantitative estimate of drug-likeness (QED) is 0.404. The summed E-state index contributed by atoms with van der Waals surface area (Å²) in [5, 5.41) is 25.6. The molecule has 1 saturated heterocycles. The van der Waals surface area contributed by atoms with Gasteiger partial charge in [-0.25, -0.2) is 14.5 Å². The highest BCUT2D eigenvalue weighted by molar-refractivity contribution is 6.09. The third-order valence-electron chi connectivity index (χ3n) is 9.94. The van der Waals surface area contributed by atoms with E-state index >= 15 is 0 Å². The minimum atomic E-state index is -0.905. The van der Waals surface area contributed by atoms with Crippen LogP contribution in [-0.4, -0.2) is 90.1 Å². The van der Waals surface area contributed by atoms with E-state index in [2.05, 4.69) is 11.9 Å². The second-order valence-electron chi connectivity index (χ2n) is 14.4. The number of hydrogen-bond acceptors (Lipinski definition) is 10. The highest BCUT2D eigenvalue weighted by Crippen LogP contribution is 2.48. The fraction of sp³-hybridized carbons (Fsp3) is 0.647. The van der Waals surface area contributed by atoms with Crippen molar-refractivity contribution < 1.29 is 24.2 Å². The van der Waals surface area contributed by atoms with Gasteiger partial charge in [-0.1, -0.05) is 6.42 Å². The average Bonchev–Trinajstić information content (AvgIpc) is 3.64. The molecule has 4 heterocycles. The van der Waals surface area contributed by atoms with Gasteiger partial charge in [0.05, 0.1) is 17.7 Å². The number of likely N-dealkylation sites (tertiary alicyclic amines) is 1. The number of aliphatic hydroxyl groups excluding tert-OH is 1. The molecule has 12 heteroatoms. The summed E-state index contributed by atoms with van der Waals surface area (Å²) in [5.41, 5.74) is 0.694. The highest BCUT2D eigenvalue weighted by atomic mass is 16.6. The van der Waals surface area contributed by atoms with Crippen LogP contribution in [-0.2, 0) is 22.5 Å². The van der Waals surface area contributed by atoms with Crippen LogP contribution in [0.1, 0.15) is 103 Å². The van der Waals surface area contributed by atoms with Crippen LogP contribution in [0.2, 0.25) is 0 Å². The van der Waals surface area contributed by atoms with Gasteiger partial charge < -0.3 is 19.5 Å². The third-order valence-corrected chi connectivity index (χ3v) is 9.94. The maximum Gasteiger partial charge on any atom is 0.410 e. The normalized spacial score (nSPS) is 24.7. The monoisotopic (exact) mass is 633 g/mol. The standard InChI is InChI=1S/C34H47N7O5/c1-21(25-11-9-16-39(25)5)45-28-18-27(41-20-22-19-40(17-13-24(22)38-41)32(44)46-33(2,3)4)36-31(37-28)29(35)23-10-8-15-34(30(23)43)14-7-6-12-26(34)42/h18,20-21,25,35,43H,6-17,19H2,1-5H3/t21-,25-,34+/m0/s1. The predicted octanol–water partition coefficient (Wildman–Crippen LogP) is 5.31. The second kappa shape index (κ2) is 12.4. The van der Waals surface area contributed by atoms with Crippen molar-refractivity contribution in [1.29, 1.82) is 5.41 Å². The molecule has 1 amide bonds. The Morgan fingerprint density at radius 3 is 2.61 bits per heavy atom. The molecule has 0 radical (unpaired) electrons. The summed E-state index contributed by atoms with van der Waals surface area (Å²) in [6.45, 7) is 9.45. The Bertz CT molecular complexity index is 1560. The Balaban J connectivity index is 1.34. The first kappa shape index (κ1) is 32.2. The Morgan fingerprint density at radius 1 is 1.11 bits per heavy atom. The van der Waals surface area contributed by atoms with E-state index in [0.717, 1.165) is 43.5 Å². The van der Waals surface area contributed by atoms with Crippen LogP contribution >= 0.6 is 0 Å². The summed E-state index contributed by atoms with van der Waals surface area (Å²) in [6.07, 6.45) is 8.60. The first-order chi connectivity index (χ1) is 21.8. The van der Waals surface area contributed by atoms with E-state index in [1.807, 2.05) is 33.9 Å². The average molecular weight is 634 g/mol. The van der Waals surface area contributed by atoms with Crippen molar-refractivity contribution in [2.24, 2.45) is 5.41 Å². The molecule has 6 rings (SSSR count). The van der Waals surface area contributed by atoms with Gasteiger partial charge in [0, 0.05) is 48.8 Å². The maximum atomic E-state index is 13.1. The van der Waals surface area contributed by atoms with E-state index in [1.165, 1.54) is 0 Å². The smallest absolute Gasteiger partial charge is 0.410 e. The second-order valence-corrected chi connectivity index (χ2v) is 14.4. The van der Waals surface area contributed by atoms with Gasteiger partial charge in [-0.3, -0.25) is 15.1 Å². The van der Waals surface area contributed by atoms with E-state index in [1.54, 1.807) is 15.6 Å². The van der Waals surface area contributed by atoms with Crippen molar-refractivity contribution in [3.8, 4) is 11.7 Å². The number of amides is 1. The zero-order valence-electron chi connectivity index (χ0n) is 27.8. The molecule has 2 aliphatic heterocycles. The third kappa shape index (κ3) is 6.28. The van der Waals surface area contributed by atoms with Crippen LogP contribution in [0.15, 0.2) is 23.6 Å². The van der Waals surface area contributed by atoms with Gasteiger partial charge in [-0.05, 0) is 86.2 Å². The van der Waals surface area contributed by atoms with Gasteiger partial charge >= 0.3 is 6.09 Å². The topological polar surface area (TPSA) is 147 Å². The summed E-state index contributed by atoms with van der Waals surface area (Å²) >= 11 is 0. The Morgan fingerprint density at radius 2 is 1.89 bits per heavy atom. The highest BCUT2D eigenvalue weighted by Gasteiger charge is 2.47. The molecule has 2 aromatic rings. The minimum absolute atomic E-state index is 0.000284. The number of allylic oxidation sites excluding steroid dienone is 2. The SMILES string of the molecule is C[C@H](Oc1cc(-n2cc3c(n2)CCN(C(=O)OC(C)(C)C)C3)nc(C(=N)C2=C(O)[C@]3(CCCCC3=O)CCC2)n1)[C@@H]1CCCN1C. The van der Waals surface area contributed by atoms with Gasteiger partial charge in [0.25, 0.3) is 0 Å². The molecule has 4 aliphatic rings. The maximum absolute atomic E-state index is 13.1. The molecule has 0 bridgehead atoms. The summed E-state index contributed by atoms with van der Waals surface area (Å²) in [4.78, 5) is 39.3. The molecule has 0 aromatic carbocycles. The molecule has 46 heavy (non-hydrogen) atoms. The number of ether oxygens (including phenoxy) is 2. The zero-order valence-corrected chi connectivity index (χ0v) is 27.8. The van der Waals surface area contributed by atoms with Crippen LogP contribution in [0.4, 0.5) is 4.79 Å². The number of aliphatic hydroxyl groups is 1. The summed E-state index contributed by atoms with van der Waals surface area (Å²) in [5.74, 6) is 0.944. The number of carbonyl (C=O) groups is 2. The van der Waals surface area contributed by atoms with Gasteiger partial charge in [0.1, 0.15) is 29.0 Å². The molecule has 3 atom stereocenters. The lowest BCUT2D eigenvalue weighted by Gasteiger charge is -2.39. The van der Waals surface area contributed by atoms with Gasteiger partial charge in [0.2, 0.25) is 5.88 Å². The van der Waals surface area contributed by atoms with Crippen LogP contribution in [0.5, 0.6) is 5.88 Å². The number of carbonyl (C=O) groups excluding carboxylic acids is 2. The van der Waals surface area contributed by atoms with Crippen molar-refractivity contribution in [1.82, 2.24) is 29.5 Å². The summed E-state index contributed by atoms with van der Waals surface area (Å²) in [6, 6.07) is 1.97. The zero-order chi connectivity index (χ0) is 32.8. The number of ketones is 1. The fourth-order valence-electron chi connectivity index (χ4n) is 7.49. The Kier molecular flexibility index (Phi) is 8.69. The molecule has 2 aromatic heterocycles. The van der Waals surface area contributed by atoms with Crippen molar-refractivity contribution in [2.75, 3.05) is 20.1 Å². The number of rotatable bonds is 6. The number of nitrogens with one attached hydrogen (secondary N) is 1. The van der Waals surface area contributed by atoms with E-state index < -0.39 is 11.0 Å². The fourth-order valence-corrected chi connectivity index (χ4v) is 7.49. The van der Waals surface area contributed by atoms with E-state index in [-0.39, 0.29) is 41.3 Å². The van der Waals surface area contributed by atoms with Gasteiger partial charge in [-0.2, -0.15) is 10.1 Å². The minimum Gasteiger partial charge on any atom is -0.511 e. The summed E-state index contributed by atoms with van der Waals surface area (Å²) < 4.78 is 13.7. The molecule has 0 unspecified atom stereocenters. The molecule has 1 saturated carbocycles. The van der Waals surface area contributed by atoms with Crippen molar-refractivity contribution >= 4 is 17.6 Å². The molecule has 2 N–H and O–H groups in total.